The van der Waals surface area contributed by atoms with Gasteiger partial charge in [-0.15, -0.1) is 0 Å². The molecule has 0 saturated heterocycles. The van der Waals surface area contributed by atoms with Crippen molar-refractivity contribution < 1.29 is 9.53 Å². The Balaban J connectivity index is 1.98. The van der Waals surface area contributed by atoms with Gasteiger partial charge in [-0.3, -0.25) is 9.36 Å². The Hall–Kier alpha value is -2.15. The summed E-state index contributed by atoms with van der Waals surface area (Å²) in [5, 5.41) is 11.6. The van der Waals surface area contributed by atoms with Crippen molar-refractivity contribution in [3.8, 4) is 0 Å². The Labute approximate surface area is 117 Å². The quantitative estimate of drug-likeness (QED) is 0.784. The summed E-state index contributed by atoms with van der Waals surface area (Å²) in [7, 11) is 3.68. The fraction of sp³-hybridized carbons (Fsp3) is 0.462. The van der Waals surface area contributed by atoms with E-state index in [2.05, 4.69) is 15.5 Å². The molecule has 0 unspecified atom stereocenters. The molecule has 0 radical (unpaired) electrons. The van der Waals surface area contributed by atoms with Gasteiger partial charge >= 0.3 is 5.97 Å². The van der Waals surface area contributed by atoms with Gasteiger partial charge in [-0.1, -0.05) is 0 Å². The maximum atomic E-state index is 11.8. The lowest BCUT2D eigenvalue weighted by atomic mass is 10.2. The van der Waals surface area contributed by atoms with E-state index in [0.717, 1.165) is 11.4 Å². The molecule has 2 rings (SSSR count). The molecule has 2 aromatic rings. The standard InChI is InChI=1S/C13H19N5O2/c1-4-20-13(19)11-8-15-18(3)12(11)9-14-7-10-5-6-17(2)16-10/h5-6,8,14H,4,7,9H2,1-3H3. The second-order valence-corrected chi connectivity index (χ2v) is 4.43. The predicted octanol–water partition coefficient (Wildman–Crippen LogP) is 0.620. The van der Waals surface area contributed by atoms with Gasteiger partial charge < -0.3 is 10.1 Å². The van der Waals surface area contributed by atoms with Crippen LogP contribution in [0.1, 0.15) is 28.7 Å². The van der Waals surface area contributed by atoms with E-state index >= 15 is 0 Å². The fourth-order valence-corrected chi connectivity index (χ4v) is 1.92. The van der Waals surface area contributed by atoms with Crippen LogP contribution >= 0.6 is 0 Å². The molecule has 0 bridgehead atoms. The monoisotopic (exact) mass is 277 g/mol. The first-order chi connectivity index (χ1) is 9.61. The van der Waals surface area contributed by atoms with E-state index in [-0.39, 0.29) is 5.97 Å². The Morgan fingerprint density at radius 2 is 2.20 bits per heavy atom. The van der Waals surface area contributed by atoms with Gasteiger partial charge in [0.1, 0.15) is 5.56 Å². The van der Waals surface area contributed by atoms with E-state index in [0.29, 0.717) is 25.3 Å². The van der Waals surface area contributed by atoms with Gasteiger partial charge in [-0.2, -0.15) is 10.2 Å². The van der Waals surface area contributed by atoms with Crippen LogP contribution in [0, 0.1) is 0 Å². The summed E-state index contributed by atoms with van der Waals surface area (Å²) < 4.78 is 8.45. The van der Waals surface area contributed by atoms with E-state index in [1.165, 1.54) is 6.20 Å². The smallest absolute Gasteiger partial charge is 0.341 e. The third-order valence-corrected chi connectivity index (χ3v) is 2.92. The minimum absolute atomic E-state index is 0.338. The molecule has 2 aromatic heterocycles. The van der Waals surface area contributed by atoms with Crippen molar-refractivity contribution in [3.63, 3.8) is 0 Å². The molecule has 0 aromatic carbocycles. The van der Waals surface area contributed by atoms with Gasteiger partial charge in [-0.05, 0) is 13.0 Å². The molecule has 1 N–H and O–H groups in total. The number of nitrogens with zero attached hydrogens (tertiary/aromatic N) is 4. The van der Waals surface area contributed by atoms with Crippen LogP contribution in [0.3, 0.4) is 0 Å². The Morgan fingerprint density at radius 1 is 1.40 bits per heavy atom. The van der Waals surface area contributed by atoms with Gasteiger partial charge in [0.2, 0.25) is 0 Å². The minimum Gasteiger partial charge on any atom is -0.462 e. The highest BCUT2D eigenvalue weighted by Gasteiger charge is 2.16. The first kappa shape index (κ1) is 14.3. The second kappa shape index (κ2) is 6.33. The number of ether oxygens (including phenoxy) is 1. The van der Waals surface area contributed by atoms with E-state index in [9.17, 15) is 4.79 Å². The van der Waals surface area contributed by atoms with E-state index in [1.807, 2.05) is 19.3 Å². The molecule has 2 heterocycles. The first-order valence-corrected chi connectivity index (χ1v) is 6.49. The van der Waals surface area contributed by atoms with Gasteiger partial charge in [0.05, 0.1) is 24.2 Å². The maximum Gasteiger partial charge on any atom is 0.341 e. The molecule has 108 valence electrons. The van der Waals surface area contributed by atoms with Gasteiger partial charge in [0.25, 0.3) is 0 Å². The zero-order valence-electron chi connectivity index (χ0n) is 12.0. The summed E-state index contributed by atoms with van der Waals surface area (Å²) in [6, 6.07) is 1.95. The third-order valence-electron chi connectivity index (χ3n) is 2.92. The molecule has 0 spiro atoms. The SMILES string of the molecule is CCOC(=O)c1cnn(C)c1CNCc1ccn(C)n1. The Bertz CT molecular complexity index is 587. The van der Waals surface area contributed by atoms with E-state index < -0.39 is 0 Å². The van der Waals surface area contributed by atoms with Crippen molar-refractivity contribution in [1.29, 1.82) is 0 Å². The highest BCUT2D eigenvalue weighted by molar-refractivity contribution is 5.90. The molecule has 7 nitrogen and oxygen atoms in total. The second-order valence-electron chi connectivity index (χ2n) is 4.43. The number of hydrogen-bond acceptors (Lipinski definition) is 5. The molecule has 0 aliphatic heterocycles. The van der Waals surface area contributed by atoms with Crippen molar-refractivity contribution >= 4 is 5.97 Å². The van der Waals surface area contributed by atoms with E-state index in [4.69, 9.17) is 4.74 Å². The number of esters is 1. The number of rotatable bonds is 6. The zero-order chi connectivity index (χ0) is 14.5. The summed E-state index contributed by atoms with van der Waals surface area (Å²) in [5.74, 6) is -0.338. The summed E-state index contributed by atoms with van der Waals surface area (Å²) in [5.41, 5.74) is 2.26. The summed E-state index contributed by atoms with van der Waals surface area (Å²) >= 11 is 0. The molecule has 0 fully saturated rings. The highest BCUT2D eigenvalue weighted by Crippen LogP contribution is 2.09. The molecular formula is C13H19N5O2. The molecular weight excluding hydrogens is 258 g/mol. The number of aryl methyl sites for hydroxylation is 2. The van der Waals surface area contributed by atoms with Crippen molar-refractivity contribution in [1.82, 2.24) is 24.9 Å². The minimum atomic E-state index is -0.338. The fourth-order valence-electron chi connectivity index (χ4n) is 1.92. The molecule has 0 saturated carbocycles. The largest absolute Gasteiger partial charge is 0.462 e. The topological polar surface area (TPSA) is 74.0 Å². The average molecular weight is 277 g/mol. The third kappa shape index (κ3) is 3.24. The molecule has 20 heavy (non-hydrogen) atoms. The predicted molar refractivity (Wildman–Crippen MR) is 72.9 cm³/mol. The number of carbonyl (C=O) groups is 1. The van der Waals surface area contributed by atoms with Crippen LogP contribution in [0.4, 0.5) is 0 Å². The molecule has 0 aliphatic rings. The van der Waals surface area contributed by atoms with Crippen LogP contribution in [0.25, 0.3) is 0 Å². The lowest BCUT2D eigenvalue weighted by Crippen LogP contribution is -2.18. The molecule has 0 aliphatic carbocycles. The Morgan fingerprint density at radius 3 is 2.85 bits per heavy atom. The van der Waals surface area contributed by atoms with Gasteiger partial charge in [0.15, 0.2) is 0 Å². The van der Waals surface area contributed by atoms with Crippen LogP contribution in [-0.2, 0) is 31.9 Å². The average Bonchev–Trinajstić information content (AvgIpc) is 2.97. The number of carbonyl (C=O) groups excluding carboxylic acids is 1. The lowest BCUT2D eigenvalue weighted by molar-refractivity contribution is 0.0524. The van der Waals surface area contributed by atoms with Gasteiger partial charge in [-0.25, -0.2) is 4.79 Å². The Kier molecular flexibility index (Phi) is 4.52. The van der Waals surface area contributed by atoms with E-state index in [1.54, 1.807) is 23.3 Å². The van der Waals surface area contributed by atoms with Gasteiger partial charge in [0, 0.05) is 33.4 Å². The van der Waals surface area contributed by atoms with Crippen LogP contribution < -0.4 is 5.32 Å². The number of hydrogen-bond donors (Lipinski definition) is 1. The van der Waals surface area contributed by atoms with Crippen LogP contribution in [0.2, 0.25) is 0 Å². The van der Waals surface area contributed by atoms with Crippen molar-refractivity contribution in [2.75, 3.05) is 6.61 Å². The maximum absolute atomic E-state index is 11.8. The van der Waals surface area contributed by atoms with Crippen LogP contribution in [0.5, 0.6) is 0 Å². The normalized spacial score (nSPS) is 10.8. The number of nitrogens with one attached hydrogen (secondary N) is 1. The summed E-state index contributed by atoms with van der Waals surface area (Å²) in [6.45, 7) is 3.30. The van der Waals surface area contributed by atoms with Crippen LogP contribution in [0.15, 0.2) is 18.5 Å². The summed E-state index contributed by atoms with van der Waals surface area (Å²) in [6.07, 6.45) is 3.43. The van der Waals surface area contributed by atoms with Crippen molar-refractivity contribution in [2.45, 2.75) is 20.0 Å². The lowest BCUT2D eigenvalue weighted by Gasteiger charge is -2.07. The van der Waals surface area contributed by atoms with Crippen molar-refractivity contribution in [2.24, 2.45) is 14.1 Å². The summed E-state index contributed by atoms with van der Waals surface area (Å²) in [4.78, 5) is 11.8. The zero-order valence-corrected chi connectivity index (χ0v) is 12.0. The number of aromatic nitrogens is 4. The van der Waals surface area contributed by atoms with Crippen LogP contribution in [-0.4, -0.2) is 32.1 Å². The van der Waals surface area contributed by atoms with Crippen molar-refractivity contribution in [3.05, 3.63) is 35.4 Å². The first-order valence-electron chi connectivity index (χ1n) is 6.49. The highest BCUT2D eigenvalue weighted by atomic mass is 16.5. The molecule has 7 heteroatoms. The molecule has 0 amide bonds. The molecule has 0 atom stereocenters.